The number of carbonyl (C=O) groups excluding carboxylic acids is 3. The number of halogens is 4. The molecule has 0 radical (unpaired) electrons. The molecule has 4 atom stereocenters. The van der Waals surface area contributed by atoms with Gasteiger partial charge in [-0.25, -0.2) is 17.6 Å². The minimum Gasteiger partial charge on any atom is -0.463 e. The van der Waals surface area contributed by atoms with Crippen LogP contribution in [0.25, 0.3) is 5.70 Å². The van der Waals surface area contributed by atoms with Crippen LogP contribution in [0.5, 0.6) is 0 Å². The van der Waals surface area contributed by atoms with E-state index in [1.807, 2.05) is 0 Å². The summed E-state index contributed by atoms with van der Waals surface area (Å²) in [4.78, 5) is 35.6. The number of benzene rings is 2. The molecule has 41 heavy (non-hydrogen) atoms. The Hall–Kier alpha value is -3.78. The first kappa shape index (κ1) is 33.4. The van der Waals surface area contributed by atoms with Crippen molar-refractivity contribution in [1.29, 1.82) is 0 Å². The lowest BCUT2D eigenvalue weighted by Crippen LogP contribution is -2.44. The van der Waals surface area contributed by atoms with Crippen molar-refractivity contribution in [2.75, 3.05) is 13.2 Å². The maximum absolute atomic E-state index is 13.6. The zero-order valence-electron chi connectivity index (χ0n) is 22.6. The highest BCUT2D eigenvalue weighted by Crippen LogP contribution is 2.30. The molecule has 14 heteroatoms. The molecule has 2 rings (SSSR count). The van der Waals surface area contributed by atoms with Gasteiger partial charge >= 0.3 is 17.9 Å². The third-order valence-electron chi connectivity index (χ3n) is 5.22. The van der Waals surface area contributed by atoms with E-state index in [0.717, 1.165) is 18.7 Å². The van der Waals surface area contributed by atoms with Crippen LogP contribution in [0.15, 0.2) is 47.5 Å². The monoisotopic (exact) mass is 602 g/mol. The third kappa shape index (κ3) is 11.3. The zero-order chi connectivity index (χ0) is 30.7. The van der Waals surface area contributed by atoms with Gasteiger partial charge in [0.2, 0.25) is 0 Å². The van der Waals surface area contributed by atoms with Crippen molar-refractivity contribution < 1.29 is 50.9 Å². The molecule has 0 spiro atoms. The average molecular weight is 603 g/mol. The summed E-state index contributed by atoms with van der Waals surface area (Å²) in [6.45, 7) is 4.54. The fourth-order valence-corrected chi connectivity index (χ4v) is 4.39. The van der Waals surface area contributed by atoms with Gasteiger partial charge in [0.05, 0.1) is 12.2 Å². The van der Waals surface area contributed by atoms with Crippen molar-refractivity contribution in [2.45, 2.75) is 56.3 Å². The van der Waals surface area contributed by atoms with Crippen molar-refractivity contribution in [3.05, 3.63) is 71.4 Å². The van der Waals surface area contributed by atoms with Gasteiger partial charge in [-0.1, -0.05) is 11.8 Å². The summed E-state index contributed by atoms with van der Waals surface area (Å²) < 4.78 is 76.0. The number of nitrogens with one attached hydrogen (secondary N) is 1. The number of hydrogen-bond acceptors (Lipinski definition) is 10. The number of carbonyl (C=O) groups is 3. The van der Waals surface area contributed by atoms with E-state index >= 15 is 0 Å². The van der Waals surface area contributed by atoms with Crippen LogP contribution in [0, 0.1) is 23.3 Å². The summed E-state index contributed by atoms with van der Waals surface area (Å²) in [5, 5.41) is 2.78. The minimum absolute atomic E-state index is 0.150. The van der Waals surface area contributed by atoms with E-state index in [0.29, 0.717) is 17.0 Å². The second-order valence-corrected chi connectivity index (χ2v) is 9.81. The van der Waals surface area contributed by atoms with Gasteiger partial charge < -0.3 is 30.0 Å². The molecule has 0 aliphatic heterocycles. The van der Waals surface area contributed by atoms with E-state index in [1.165, 1.54) is 51.2 Å². The van der Waals surface area contributed by atoms with Gasteiger partial charge in [0.1, 0.15) is 30.1 Å². The molecule has 0 fully saturated rings. The van der Waals surface area contributed by atoms with Gasteiger partial charge in [0, 0.05) is 37.4 Å². The summed E-state index contributed by atoms with van der Waals surface area (Å²) in [5.74, 6) is -6.94. The number of thioether (sulfide) groups is 1. The first-order valence-electron chi connectivity index (χ1n) is 12.2. The Balaban J connectivity index is 2.37. The molecule has 2 aromatic rings. The predicted molar refractivity (Wildman–Crippen MR) is 141 cm³/mol. The lowest BCUT2D eigenvalue weighted by molar-refractivity contribution is -0.169. The van der Waals surface area contributed by atoms with E-state index in [9.17, 15) is 31.9 Å². The second-order valence-electron chi connectivity index (χ2n) is 8.64. The highest BCUT2D eigenvalue weighted by atomic mass is 32.2. The molecule has 9 nitrogen and oxygen atoms in total. The van der Waals surface area contributed by atoms with Crippen molar-refractivity contribution >= 4 is 35.4 Å². The quantitative estimate of drug-likeness (QED) is 0.0817. The van der Waals surface area contributed by atoms with E-state index in [1.54, 1.807) is 0 Å². The predicted octanol–water partition coefficient (Wildman–Crippen LogP) is 4.04. The first-order chi connectivity index (χ1) is 19.3. The fourth-order valence-electron chi connectivity index (χ4n) is 3.33. The molecule has 224 valence electrons. The molecule has 0 aliphatic rings. The molecule has 0 amide bonds. The molecule has 0 aliphatic carbocycles. The molecular weight excluding hydrogens is 572 g/mol. The lowest BCUT2D eigenvalue weighted by atomic mass is 10.1. The van der Waals surface area contributed by atoms with Crippen LogP contribution in [-0.2, 0) is 33.3 Å². The van der Waals surface area contributed by atoms with E-state index in [-0.39, 0.29) is 24.4 Å². The maximum Gasteiger partial charge on any atom is 0.303 e. The normalized spacial score (nSPS) is 14.4. The Kier molecular flexibility index (Phi) is 12.9. The number of rotatable bonds is 14. The van der Waals surface area contributed by atoms with E-state index < -0.39 is 64.9 Å². The minimum atomic E-state index is -1.64. The van der Waals surface area contributed by atoms with Crippen molar-refractivity contribution in [3.63, 3.8) is 0 Å². The SMILES string of the molecule is CC(=O)OCC(OC(Sc1ccc(F)cc1)C(CN/C=C(\N)c1cc(F)c(F)c(F)c1)OC(C)=O)C(C)OC(C)=O. The molecule has 0 heterocycles. The largest absolute Gasteiger partial charge is 0.463 e. The molecule has 3 N–H and O–H groups in total. The Morgan fingerprint density at radius 1 is 0.927 bits per heavy atom. The first-order valence-corrected chi connectivity index (χ1v) is 13.0. The average Bonchev–Trinajstić information content (AvgIpc) is 2.88. The summed E-state index contributed by atoms with van der Waals surface area (Å²) in [7, 11) is 0. The Bertz CT molecular complexity index is 1220. The van der Waals surface area contributed by atoms with Crippen LogP contribution < -0.4 is 11.1 Å². The zero-order valence-corrected chi connectivity index (χ0v) is 23.4. The van der Waals surface area contributed by atoms with Crippen molar-refractivity contribution in [2.24, 2.45) is 5.73 Å². The summed E-state index contributed by atoms with van der Waals surface area (Å²) in [6, 6.07) is 6.76. The number of hydrogen-bond donors (Lipinski definition) is 2. The third-order valence-corrected chi connectivity index (χ3v) is 6.41. The van der Waals surface area contributed by atoms with Gasteiger partial charge in [0.15, 0.2) is 23.6 Å². The molecule has 0 saturated heterocycles. The Morgan fingerprint density at radius 2 is 1.51 bits per heavy atom. The van der Waals surface area contributed by atoms with Gasteiger partial charge in [-0.2, -0.15) is 0 Å². The van der Waals surface area contributed by atoms with Gasteiger partial charge in [-0.05, 0) is 43.3 Å². The van der Waals surface area contributed by atoms with Crippen LogP contribution in [0.4, 0.5) is 17.6 Å². The maximum atomic E-state index is 13.6. The Morgan fingerprint density at radius 3 is 2.05 bits per heavy atom. The highest BCUT2D eigenvalue weighted by Gasteiger charge is 2.33. The molecule has 0 bridgehead atoms. The highest BCUT2D eigenvalue weighted by molar-refractivity contribution is 7.99. The summed E-state index contributed by atoms with van der Waals surface area (Å²) in [6.07, 6.45) is -1.87. The van der Waals surface area contributed by atoms with E-state index in [2.05, 4.69) is 5.32 Å². The summed E-state index contributed by atoms with van der Waals surface area (Å²) in [5.41, 5.74) is 4.51. The molecule has 2 aromatic carbocycles. The van der Waals surface area contributed by atoms with Crippen molar-refractivity contribution in [1.82, 2.24) is 5.32 Å². The molecule has 4 unspecified atom stereocenters. The summed E-state index contributed by atoms with van der Waals surface area (Å²) >= 11 is 1.03. The van der Waals surface area contributed by atoms with Crippen molar-refractivity contribution in [3.8, 4) is 0 Å². The van der Waals surface area contributed by atoms with Gasteiger partial charge in [-0.15, -0.1) is 0 Å². The van der Waals surface area contributed by atoms with Crippen LogP contribution in [0.3, 0.4) is 0 Å². The topological polar surface area (TPSA) is 126 Å². The molecule has 0 saturated carbocycles. The fraction of sp³-hybridized carbons (Fsp3) is 0.370. The Labute approximate surface area is 238 Å². The van der Waals surface area contributed by atoms with Crippen LogP contribution in [0.1, 0.15) is 33.3 Å². The lowest BCUT2D eigenvalue weighted by Gasteiger charge is -2.32. The van der Waals surface area contributed by atoms with Crippen LogP contribution in [0.2, 0.25) is 0 Å². The second kappa shape index (κ2) is 15.9. The standard InChI is InChI=1S/C27H30F4N2O7S/c1-14(38-16(3)35)25(13-37-15(2)34)40-27(41-20-7-5-19(28)6-8-20)24(39-17(4)36)12-33-11-23(32)18-9-21(29)26(31)22(30)10-18/h5-11,14,24-25,27,33H,12-13,32H2,1-4H3/b23-11-. The smallest absolute Gasteiger partial charge is 0.303 e. The van der Waals surface area contributed by atoms with Gasteiger partial charge in [-0.3, -0.25) is 14.4 Å². The van der Waals surface area contributed by atoms with E-state index in [4.69, 9.17) is 24.7 Å². The van der Waals surface area contributed by atoms with Gasteiger partial charge in [0.25, 0.3) is 0 Å². The number of nitrogens with two attached hydrogens (primary N) is 1. The molecule has 0 aromatic heterocycles. The number of esters is 3. The van der Waals surface area contributed by atoms with Crippen LogP contribution in [-0.4, -0.2) is 54.8 Å². The van der Waals surface area contributed by atoms with Crippen LogP contribution >= 0.6 is 11.8 Å². The molecular formula is C27H30F4N2O7S. The number of ether oxygens (including phenoxy) is 4.